The fraction of sp³-hybridized carbons (Fsp3) is 0.333. The molecule has 0 nitrogen and oxygen atoms in total. The molecular formula is C9H2F9IS. The Morgan fingerprint density at radius 3 is 1.65 bits per heavy atom. The van der Waals surface area contributed by atoms with Gasteiger partial charge in [-0.25, -0.2) is 0 Å². The molecule has 0 aromatic heterocycles. The molecule has 20 heavy (non-hydrogen) atoms. The fourth-order valence-corrected chi connectivity index (χ4v) is 3.06. The third-order valence-electron chi connectivity index (χ3n) is 1.91. The largest absolute Gasteiger partial charge is 0.446 e. The first-order chi connectivity index (χ1) is 8.73. The summed E-state index contributed by atoms with van der Waals surface area (Å²) in [6, 6.07) is 0.678. The zero-order valence-electron chi connectivity index (χ0n) is 8.84. The smallest absolute Gasteiger partial charge is 0.166 e. The molecule has 0 N–H and O–H groups in total. The Morgan fingerprint density at radius 1 is 0.800 bits per heavy atom. The van der Waals surface area contributed by atoms with Crippen molar-refractivity contribution < 1.29 is 39.5 Å². The van der Waals surface area contributed by atoms with Gasteiger partial charge < -0.3 is 0 Å². The van der Waals surface area contributed by atoms with Gasteiger partial charge in [-0.1, -0.05) is 0 Å². The zero-order valence-corrected chi connectivity index (χ0v) is 11.8. The van der Waals surface area contributed by atoms with Gasteiger partial charge in [-0.2, -0.15) is 39.5 Å². The molecule has 114 valence electrons. The van der Waals surface area contributed by atoms with E-state index in [1.54, 1.807) is 0 Å². The van der Waals surface area contributed by atoms with Gasteiger partial charge in [-0.15, -0.1) is 0 Å². The van der Waals surface area contributed by atoms with Crippen molar-refractivity contribution >= 4 is 34.4 Å². The molecule has 0 radical (unpaired) electrons. The van der Waals surface area contributed by atoms with E-state index in [9.17, 15) is 39.5 Å². The van der Waals surface area contributed by atoms with Crippen molar-refractivity contribution in [1.82, 2.24) is 0 Å². The summed E-state index contributed by atoms with van der Waals surface area (Å²) in [7, 11) is 0. The van der Waals surface area contributed by atoms with Crippen molar-refractivity contribution in [1.29, 1.82) is 0 Å². The van der Waals surface area contributed by atoms with Gasteiger partial charge in [0.1, 0.15) is 0 Å². The standard InChI is InChI=1S/C9H2F9IS/c10-7(11,12)3-1-2-4(19)5(8(13,14)15)6(3)20-9(16,17)18/h1-2H. The predicted octanol–water partition coefficient (Wildman–Crippen LogP) is 5.94. The first-order valence-corrected chi connectivity index (χ1v) is 6.35. The van der Waals surface area contributed by atoms with Gasteiger partial charge >= 0.3 is 17.9 Å². The van der Waals surface area contributed by atoms with Crippen molar-refractivity contribution in [2.75, 3.05) is 0 Å². The van der Waals surface area contributed by atoms with Crippen molar-refractivity contribution in [2.24, 2.45) is 0 Å². The molecule has 0 heterocycles. The average Bonchev–Trinajstić information content (AvgIpc) is 2.09. The van der Waals surface area contributed by atoms with Crippen LogP contribution in [0.4, 0.5) is 39.5 Å². The van der Waals surface area contributed by atoms with E-state index in [2.05, 4.69) is 0 Å². The lowest BCUT2D eigenvalue weighted by molar-refractivity contribution is -0.147. The summed E-state index contributed by atoms with van der Waals surface area (Å²) < 4.78 is 112. The maximum absolute atomic E-state index is 12.7. The van der Waals surface area contributed by atoms with Gasteiger partial charge in [0.15, 0.2) is 0 Å². The molecule has 11 heteroatoms. The van der Waals surface area contributed by atoms with Gasteiger partial charge in [0, 0.05) is 8.47 Å². The number of hydrogen-bond donors (Lipinski definition) is 0. The molecule has 0 aliphatic heterocycles. The molecular weight excluding hydrogens is 438 g/mol. The Morgan fingerprint density at radius 2 is 1.30 bits per heavy atom. The van der Waals surface area contributed by atoms with Gasteiger partial charge in [0.2, 0.25) is 0 Å². The van der Waals surface area contributed by atoms with E-state index >= 15 is 0 Å². The molecule has 0 fully saturated rings. The highest BCUT2D eigenvalue weighted by molar-refractivity contribution is 14.1. The highest BCUT2D eigenvalue weighted by atomic mass is 127. The second kappa shape index (κ2) is 5.46. The van der Waals surface area contributed by atoms with Crippen LogP contribution in [0.2, 0.25) is 0 Å². The van der Waals surface area contributed by atoms with E-state index in [1.807, 2.05) is 0 Å². The number of benzene rings is 1. The normalized spacial score (nSPS) is 13.7. The summed E-state index contributed by atoms with van der Waals surface area (Å²) in [6.45, 7) is 0. The second-order valence-electron chi connectivity index (χ2n) is 3.34. The monoisotopic (exact) mass is 440 g/mol. The third-order valence-corrected chi connectivity index (χ3v) is 3.67. The van der Waals surface area contributed by atoms with Crippen LogP contribution in [-0.4, -0.2) is 5.51 Å². The van der Waals surface area contributed by atoms with Gasteiger partial charge in [-0.3, -0.25) is 0 Å². The van der Waals surface area contributed by atoms with Crippen molar-refractivity contribution in [3.63, 3.8) is 0 Å². The summed E-state index contributed by atoms with van der Waals surface area (Å²) in [5.74, 6) is 0. The minimum absolute atomic E-state index is 0.199. The van der Waals surface area contributed by atoms with E-state index in [-0.39, 0.29) is 6.07 Å². The zero-order chi connectivity index (χ0) is 15.9. The third kappa shape index (κ3) is 4.33. The van der Waals surface area contributed by atoms with Crippen LogP contribution in [-0.2, 0) is 12.4 Å². The van der Waals surface area contributed by atoms with Crippen LogP contribution >= 0.6 is 34.4 Å². The minimum Gasteiger partial charge on any atom is -0.166 e. The summed E-state index contributed by atoms with van der Waals surface area (Å²) in [4.78, 5) is -1.88. The highest BCUT2D eigenvalue weighted by Gasteiger charge is 2.46. The van der Waals surface area contributed by atoms with E-state index in [1.165, 1.54) is 0 Å². The van der Waals surface area contributed by atoms with Crippen LogP contribution < -0.4 is 0 Å². The SMILES string of the molecule is FC(F)(F)Sc1c(C(F)(F)F)ccc(I)c1C(F)(F)F. The Balaban J connectivity index is 3.65. The Kier molecular flexibility index (Phi) is 4.84. The molecule has 1 aromatic carbocycles. The predicted molar refractivity (Wildman–Crippen MR) is 61.1 cm³/mol. The lowest BCUT2D eigenvalue weighted by Gasteiger charge is -2.20. The second-order valence-corrected chi connectivity index (χ2v) is 5.58. The molecule has 0 saturated carbocycles. The number of rotatable bonds is 1. The molecule has 1 rings (SSSR count). The van der Waals surface area contributed by atoms with E-state index < -0.39 is 49.2 Å². The topological polar surface area (TPSA) is 0 Å². The molecule has 0 amide bonds. The van der Waals surface area contributed by atoms with E-state index in [0.717, 1.165) is 22.6 Å². The van der Waals surface area contributed by atoms with Crippen LogP contribution in [0.25, 0.3) is 0 Å². The molecule has 0 saturated heterocycles. The fourth-order valence-electron chi connectivity index (χ4n) is 1.27. The lowest BCUT2D eigenvalue weighted by atomic mass is 10.1. The number of alkyl halides is 9. The molecule has 1 aromatic rings. The number of halogens is 10. The highest BCUT2D eigenvalue weighted by Crippen LogP contribution is 2.50. The van der Waals surface area contributed by atoms with Gasteiger partial charge in [0.25, 0.3) is 0 Å². The van der Waals surface area contributed by atoms with Gasteiger partial charge in [-0.05, 0) is 46.5 Å². The molecule has 0 aliphatic carbocycles. The average molecular weight is 440 g/mol. The molecule has 0 spiro atoms. The Labute approximate surface area is 123 Å². The maximum atomic E-state index is 12.7. The quantitative estimate of drug-likeness (QED) is 0.296. The summed E-state index contributed by atoms with van der Waals surface area (Å²) in [5, 5.41) is 0. The number of hydrogen-bond acceptors (Lipinski definition) is 1. The summed E-state index contributed by atoms with van der Waals surface area (Å²) >= 11 is -0.383. The molecule has 0 aliphatic rings. The Bertz CT molecular complexity index is 500. The minimum atomic E-state index is -5.33. The van der Waals surface area contributed by atoms with Crippen LogP contribution in [0.3, 0.4) is 0 Å². The summed E-state index contributed by atoms with van der Waals surface area (Å²) in [6.07, 6.45) is -10.6. The van der Waals surface area contributed by atoms with Crippen LogP contribution in [0, 0.1) is 3.57 Å². The van der Waals surface area contributed by atoms with Crippen molar-refractivity contribution in [3.8, 4) is 0 Å². The molecule has 0 bridgehead atoms. The summed E-state index contributed by atoms with van der Waals surface area (Å²) in [5.41, 5.74) is -9.17. The van der Waals surface area contributed by atoms with Crippen LogP contribution in [0.15, 0.2) is 17.0 Å². The number of thioether (sulfide) groups is 1. The van der Waals surface area contributed by atoms with Gasteiger partial charge in [0.05, 0.1) is 11.1 Å². The first kappa shape index (κ1) is 17.7. The first-order valence-electron chi connectivity index (χ1n) is 4.46. The lowest BCUT2D eigenvalue weighted by Crippen LogP contribution is -2.17. The maximum Gasteiger partial charge on any atom is 0.446 e. The van der Waals surface area contributed by atoms with Crippen LogP contribution in [0.5, 0.6) is 0 Å². The van der Waals surface area contributed by atoms with Crippen LogP contribution in [0.1, 0.15) is 11.1 Å². The Hall–Kier alpha value is -0.330. The molecule has 0 atom stereocenters. The molecule has 0 unspecified atom stereocenters. The van der Waals surface area contributed by atoms with Crippen molar-refractivity contribution in [2.45, 2.75) is 22.8 Å². The van der Waals surface area contributed by atoms with E-state index in [4.69, 9.17) is 0 Å². The van der Waals surface area contributed by atoms with E-state index in [0.29, 0.717) is 6.07 Å². The van der Waals surface area contributed by atoms with Crippen molar-refractivity contribution in [3.05, 3.63) is 26.8 Å².